The molecule has 2 aliphatic rings. The van der Waals surface area contributed by atoms with Crippen molar-refractivity contribution in [2.75, 3.05) is 19.6 Å². The molecule has 2 atom stereocenters. The molecule has 2 heterocycles. The van der Waals surface area contributed by atoms with Gasteiger partial charge in [-0.2, -0.15) is 0 Å². The van der Waals surface area contributed by atoms with Gasteiger partial charge in [-0.15, -0.1) is 0 Å². The van der Waals surface area contributed by atoms with E-state index < -0.39 is 5.60 Å². The monoisotopic (exact) mass is 345 g/mol. The Morgan fingerprint density at radius 1 is 1.32 bits per heavy atom. The van der Waals surface area contributed by atoms with Gasteiger partial charge in [-0.05, 0) is 77.0 Å². The van der Waals surface area contributed by atoms with E-state index in [0.717, 1.165) is 45.3 Å². The van der Waals surface area contributed by atoms with Gasteiger partial charge in [0.2, 0.25) is 0 Å². The fourth-order valence-corrected chi connectivity index (χ4v) is 3.74. The first-order valence-corrected chi connectivity index (χ1v) is 9.55. The molecule has 25 heavy (non-hydrogen) atoms. The SMILES string of the molecule is CC(C)(C)OC(=O)N1CCC(CNC2CCc3cccnc3CC2)C1. The zero-order valence-corrected chi connectivity index (χ0v) is 15.8. The highest BCUT2D eigenvalue weighted by atomic mass is 16.6. The van der Waals surface area contributed by atoms with E-state index in [1.165, 1.54) is 17.7 Å². The van der Waals surface area contributed by atoms with Crippen molar-refractivity contribution in [2.45, 2.75) is 64.5 Å². The Kier molecular flexibility index (Phi) is 5.62. The lowest BCUT2D eigenvalue weighted by molar-refractivity contribution is 0.0288. The number of carbonyl (C=O) groups is 1. The van der Waals surface area contributed by atoms with E-state index in [1.807, 2.05) is 37.9 Å². The van der Waals surface area contributed by atoms with Crippen LogP contribution in [0.2, 0.25) is 0 Å². The molecule has 0 saturated carbocycles. The van der Waals surface area contributed by atoms with Crippen LogP contribution < -0.4 is 5.32 Å². The van der Waals surface area contributed by atoms with Gasteiger partial charge in [0, 0.05) is 31.0 Å². The van der Waals surface area contributed by atoms with Crippen molar-refractivity contribution in [3.05, 3.63) is 29.6 Å². The van der Waals surface area contributed by atoms with Crippen LogP contribution in [0.5, 0.6) is 0 Å². The number of nitrogens with zero attached hydrogens (tertiary/aromatic N) is 2. The second-order valence-corrected chi connectivity index (χ2v) is 8.37. The van der Waals surface area contributed by atoms with Crippen molar-refractivity contribution in [3.63, 3.8) is 0 Å². The number of pyridine rings is 1. The Morgan fingerprint density at radius 2 is 2.12 bits per heavy atom. The maximum Gasteiger partial charge on any atom is 0.410 e. The summed E-state index contributed by atoms with van der Waals surface area (Å²) in [5.74, 6) is 0.524. The van der Waals surface area contributed by atoms with Gasteiger partial charge in [-0.25, -0.2) is 4.79 Å². The minimum atomic E-state index is -0.420. The Hall–Kier alpha value is -1.62. The van der Waals surface area contributed by atoms with Crippen LogP contribution in [0.25, 0.3) is 0 Å². The van der Waals surface area contributed by atoms with Crippen molar-refractivity contribution in [1.82, 2.24) is 15.2 Å². The number of likely N-dealkylation sites (tertiary alicyclic amines) is 1. The van der Waals surface area contributed by atoms with Crippen LogP contribution in [0.4, 0.5) is 4.79 Å². The van der Waals surface area contributed by atoms with Crippen molar-refractivity contribution >= 4 is 6.09 Å². The first-order chi connectivity index (χ1) is 11.9. The van der Waals surface area contributed by atoms with Gasteiger partial charge in [-0.1, -0.05) is 6.07 Å². The van der Waals surface area contributed by atoms with Crippen LogP contribution in [0, 0.1) is 5.92 Å². The molecule has 1 aliphatic heterocycles. The Labute approximate surface area is 151 Å². The summed E-state index contributed by atoms with van der Waals surface area (Å²) in [4.78, 5) is 18.5. The first-order valence-electron chi connectivity index (χ1n) is 9.55. The first kappa shape index (κ1) is 18.2. The smallest absolute Gasteiger partial charge is 0.410 e. The summed E-state index contributed by atoms with van der Waals surface area (Å²) < 4.78 is 5.48. The number of ether oxygens (including phenoxy) is 1. The van der Waals surface area contributed by atoms with Crippen molar-refractivity contribution in [2.24, 2.45) is 5.92 Å². The molecule has 138 valence electrons. The molecule has 1 aromatic rings. The van der Waals surface area contributed by atoms with Crippen molar-refractivity contribution < 1.29 is 9.53 Å². The Bertz CT molecular complexity index is 570. The summed E-state index contributed by atoms with van der Waals surface area (Å²) in [5.41, 5.74) is 2.25. The minimum absolute atomic E-state index is 0.175. The number of rotatable bonds is 3. The maximum atomic E-state index is 12.2. The number of hydrogen-bond donors (Lipinski definition) is 1. The van der Waals surface area contributed by atoms with E-state index in [4.69, 9.17) is 4.74 Å². The van der Waals surface area contributed by atoms with Crippen LogP contribution in [0.3, 0.4) is 0 Å². The van der Waals surface area contributed by atoms with E-state index in [0.29, 0.717) is 12.0 Å². The Balaban J connectivity index is 1.42. The topological polar surface area (TPSA) is 54.5 Å². The molecule has 0 bridgehead atoms. The standard InChI is InChI=1S/C20H31N3O2/c1-20(2,3)25-19(24)23-12-10-15(14-23)13-22-17-7-6-16-5-4-11-21-18(16)9-8-17/h4-5,11,15,17,22H,6-10,12-14H2,1-3H3. The fraction of sp³-hybridized carbons (Fsp3) is 0.700. The Morgan fingerprint density at radius 3 is 2.92 bits per heavy atom. The number of nitrogens with one attached hydrogen (secondary N) is 1. The summed E-state index contributed by atoms with van der Waals surface area (Å²) in [6, 6.07) is 4.79. The van der Waals surface area contributed by atoms with E-state index in [-0.39, 0.29) is 6.09 Å². The summed E-state index contributed by atoms with van der Waals surface area (Å²) in [5, 5.41) is 3.74. The predicted octanol–water partition coefficient (Wildman–Crippen LogP) is 3.18. The molecular weight excluding hydrogens is 314 g/mol. The molecule has 1 aromatic heterocycles. The number of fused-ring (bicyclic) bond motifs is 1. The van der Waals surface area contributed by atoms with Crippen LogP contribution in [-0.4, -0.2) is 47.3 Å². The number of hydrogen-bond acceptors (Lipinski definition) is 4. The molecule has 2 unspecified atom stereocenters. The molecule has 3 rings (SSSR count). The molecule has 0 aromatic carbocycles. The maximum absolute atomic E-state index is 12.2. The average Bonchev–Trinajstić information content (AvgIpc) is 2.93. The third-order valence-corrected chi connectivity index (χ3v) is 5.11. The molecule has 1 saturated heterocycles. The molecule has 0 spiro atoms. The average molecular weight is 345 g/mol. The number of aromatic nitrogens is 1. The second-order valence-electron chi connectivity index (χ2n) is 8.37. The molecule has 1 aliphatic carbocycles. The highest BCUT2D eigenvalue weighted by Crippen LogP contribution is 2.21. The summed E-state index contributed by atoms with van der Waals surface area (Å²) >= 11 is 0. The third-order valence-electron chi connectivity index (χ3n) is 5.11. The molecular formula is C20H31N3O2. The van der Waals surface area contributed by atoms with Gasteiger partial charge in [0.25, 0.3) is 0 Å². The highest BCUT2D eigenvalue weighted by molar-refractivity contribution is 5.68. The lowest BCUT2D eigenvalue weighted by atomic mass is 10.1. The van der Waals surface area contributed by atoms with Gasteiger partial charge in [0.15, 0.2) is 0 Å². The predicted molar refractivity (Wildman–Crippen MR) is 98.6 cm³/mol. The van der Waals surface area contributed by atoms with E-state index in [9.17, 15) is 4.79 Å². The fourth-order valence-electron chi connectivity index (χ4n) is 3.74. The zero-order chi connectivity index (χ0) is 17.9. The van der Waals surface area contributed by atoms with Gasteiger partial charge in [0.05, 0.1) is 0 Å². The van der Waals surface area contributed by atoms with Gasteiger partial charge in [0.1, 0.15) is 5.60 Å². The number of carbonyl (C=O) groups excluding carboxylic acids is 1. The van der Waals surface area contributed by atoms with Crippen LogP contribution in [0.15, 0.2) is 18.3 Å². The largest absolute Gasteiger partial charge is 0.444 e. The summed E-state index contributed by atoms with van der Waals surface area (Å²) in [7, 11) is 0. The van der Waals surface area contributed by atoms with Crippen LogP contribution >= 0.6 is 0 Å². The van der Waals surface area contributed by atoms with Gasteiger partial charge in [-0.3, -0.25) is 4.98 Å². The van der Waals surface area contributed by atoms with Crippen LogP contribution in [0.1, 0.15) is 51.3 Å². The molecule has 5 heteroatoms. The van der Waals surface area contributed by atoms with Gasteiger partial charge < -0.3 is 15.0 Å². The quantitative estimate of drug-likeness (QED) is 0.855. The van der Waals surface area contributed by atoms with E-state index in [2.05, 4.69) is 16.4 Å². The lowest BCUT2D eigenvalue weighted by Crippen LogP contribution is -2.37. The third kappa shape index (κ3) is 5.18. The van der Waals surface area contributed by atoms with Crippen molar-refractivity contribution in [1.29, 1.82) is 0 Å². The molecule has 5 nitrogen and oxygen atoms in total. The zero-order valence-electron chi connectivity index (χ0n) is 15.8. The van der Waals surface area contributed by atoms with E-state index in [1.54, 1.807) is 0 Å². The van der Waals surface area contributed by atoms with Gasteiger partial charge >= 0.3 is 6.09 Å². The van der Waals surface area contributed by atoms with E-state index >= 15 is 0 Å². The molecule has 1 amide bonds. The molecule has 0 radical (unpaired) electrons. The lowest BCUT2D eigenvalue weighted by Gasteiger charge is -2.24. The van der Waals surface area contributed by atoms with Crippen LogP contribution in [-0.2, 0) is 17.6 Å². The number of amides is 1. The summed E-state index contributed by atoms with van der Waals surface area (Å²) in [6.07, 6.45) is 7.26. The summed E-state index contributed by atoms with van der Waals surface area (Å²) in [6.45, 7) is 8.34. The van der Waals surface area contributed by atoms with Crippen molar-refractivity contribution in [3.8, 4) is 0 Å². The normalized spacial score (nSPS) is 23.9. The molecule has 1 fully saturated rings. The molecule has 1 N–H and O–H groups in total. The highest BCUT2D eigenvalue weighted by Gasteiger charge is 2.30. The second kappa shape index (κ2) is 7.73. The number of aryl methyl sites for hydroxylation is 2. The minimum Gasteiger partial charge on any atom is -0.444 e.